The highest BCUT2D eigenvalue weighted by atomic mass is 16.1. The molecule has 2 unspecified atom stereocenters. The van der Waals surface area contributed by atoms with Crippen LogP contribution in [0.4, 0.5) is 0 Å². The van der Waals surface area contributed by atoms with Gasteiger partial charge in [0.2, 0.25) is 5.91 Å². The fourth-order valence-corrected chi connectivity index (χ4v) is 4.21. The number of carbonyl (C=O) groups is 1. The Hall–Kier alpha value is -0.650. The van der Waals surface area contributed by atoms with Crippen molar-refractivity contribution >= 4 is 5.91 Å². The molecule has 2 aliphatic rings. The minimum Gasteiger partial charge on any atom is -0.353 e. The molecule has 140 valence electrons. The summed E-state index contributed by atoms with van der Waals surface area (Å²) in [5, 5.41) is 3.33. The number of nitrogens with zero attached hydrogens (tertiary/aromatic N) is 2. The summed E-state index contributed by atoms with van der Waals surface area (Å²) in [6.45, 7) is 18.4. The number of amides is 1. The van der Waals surface area contributed by atoms with Crippen molar-refractivity contribution in [2.24, 2.45) is 22.5 Å². The SMILES string of the molecule is CC1CC(NC(=O)CCN2CCN(CCN)CC2)C(C)(C)C1(C)C. The molecule has 0 spiro atoms. The standard InChI is InChI=1S/C19H38N4O/c1-15-14-16(19(4,5)18(15,2)3)21-17(24)6-8-22-10-12-23(9-7-20)13-11-22/h15-16H,6-14,20H2,1-5H3,(H,21,24). The first-order chi connectivity index (χ1) is 11.2. The Morgan fingerprint density at radius 2 is 1.58 bits per heavy atom. The number of hydrogen-bond acceptors (Lipinski definition) is 4. The molecule has 1 aliphatic heterocycles. The van der Waals surface area contributed by atoms with Gasteiger partial charge in [-0.05, 0) is 23.2 Å². The lowest BCUT2D eigenvalue weighted by atomic mass is 9.66. The van der Waals surface area contributed by atoms with Crippen molar-refractivity contribution in [2.45, 2.75) is 53.5 Å². The van der Waals surface area contributed by atoms with Crippen molar-refractivity contribution in [1.82, 2.24) is 15.1 Å². The predicted octanol–water partition coefficient (Wildman–Crippen LogP) is 1.53. The Kier molecular flexibility index (Phi) is 6.32. The molecule has 0 bridgehead atoms. The maximum absolute atomic E-state index is 12.4. The molecular weight excluding hydrogens is 300 g/mol. The summed E-state index contributed by atoms with van der Waals surface area (Å²) in [7, 11) is 0. The van der Waals surface area contributed by atoms with E-state index in [4.69, 9.17) is 5.73 Å². The second kappa shape index (κ2) is 7.71. The van der Waals surface area contributed by atoms with Gasteiger partial charge < -0.3 is 16.0 Å². The van der Waals surface area contributed by atoms with Crippen LogP contribution < -0.4 is 11.1 Å². The summed E-state index contributed by atoms with van der Waals surface area (Å²) in [5.41, 5.74) is 6.00. The van der Waals surface area contributed by atoms with Crippen molar-refractivity contribution in [3.8, 4) is 0 Å². The van der Waals surface area contributed by atoms with Crippen molar-refractivity contribution in [1.29, 1.82) is 0 Å². The van der Waals surface area contributed by atoms with Crippen LogP contribution in [0.3, 0.4) is 0 Å². The summed E-state index contributed by atoms with van der Waals surface area (Å²) >= 11 is 0. The van der Waals surface area contributed by atoms with E-state index in [-0.39, 0.29) is 22.8 Å². The van der Waals surface area contributed by atoms with Crippen LogP contribution in [-0.2, 0) is 4.79 Å². The normalized spacial score (nSPS) is 30.4. The monoisotopic (exact) mass is 338 g/mol. The number of nitrogens with two attached hydrogens (primary N) is 1. The van der Waals surface area contributed by atoms with E-state index in [9.17, 15) is 4.79 Å². The minimum absolute atomic E-state index is 0.135. The zero-order chi connectivity index (χ0) is 18.0. The third-order valence-corrected chi connectivity index (χ3v) is 7.25. The van der Waals surface area contributed by atoms with Gasteiger partial charge in [-0.15, -0.1) is 0 Å². The number of nitrogens with one attached hydrogen (secondary N) is 1. The quantitative estimate of drug-likeness (QED) is 0.771. The fraction of sp³-hybridized carbons (Fsp3) is 0.947. The van der Waals surface area contributed by atoms with Crippen LogP contribution in [0, 0.1) is 16.7 Å². The second-order valence-electron chi connectivity index (χ2n) is 8.92. The Bertz CT molecular complexity index is 427. The van der Waals surface area contributed by atoms with Gasteiger partial charge >= 0.3 is 0 Å². The molecule has 5 nitrogen and oxygen atoms in total. The van der Waals surface area contributed by atoms with Crippen LogP contribution in [0.2, 0.25) is 0 Å². The average Bonchev–Trinajstić information content (AvgIpc) is 2.67. The molecule has 5 heteroatoms. The van der Waals surface area contributed by atoms with Gasteiger partial charge in [-0.1, -0.05) is 34.6 Å². The van der Waals surface area contributed by atoms with Crippen LogP contribution in [-0.4, -0.2) is 67.6 Å². The van der Waals surface area contributed by atoms with E-state index in [1.807, 2.05) is 0 Å². The number of hydrogen-bond donors (Lipinski definition) is 2. The first kappa shape index (κ1) is 19.7. The highest BCUT2D eigenvalue weighted by Crippen LogP contribution is 2.55. The number of rotatable bonds is 6. The maximum atomic E-state index is 12.4. The van der Waals surface area contributed by atoms with E-state index in [0.29, 0.717) is 12.3 Å². The molecule has 1 heterocycles. The van der Waals surface area contributed by atoms with Gasteiger partial charge in [-0.3, -0.25) is 9.69 Å². The van der Waals surface area contributed by atoms with Crippen LogP contribution in [0.15, 0.2) is 0 Å². The average molecular weight is 339 g/mol. The molecule has 0 aromatic carbocycles. The van der Waals surface area contributed by atoms with Crippen molar-refractivity contribution in [3.05, 3.63) is 0 Å². The van der Waals surface area contributed by atoms with Gasteiger partial charge in [-0.25, -0.2) is 0 Å². The molecule has 0 radical (unpaired) electrons. The van der Waals surface area contributed by atoms with Gasteiger partial charge in [-0.2, -0.15) is 0 Å². The van der Waals surface area contributed by atoms with Gasteiger partial charge in [0, 0.05) is 58.3 Å². The first-order valence-corrected chi connectivity index (χ1v) is 9.62. The molecule has 0 aromatic rings. The van der Waals surface area contributed by atoms with Crippen LogP contribution in [0.25, 0.3) is 0 Å². The minimum atomic E-state index is 0.135. The molecule has 2 atom stereocenters. The molecular formula is C19H38N4O. The number of piperazine rings is 1. The lowest BCUT2D eigenvalue weighted by Gasteiger charge is -2.41. The maximum Gasteiger partial charge on any atom is 0.221 e. The smallest absolute Gasteiger partial charge is 0.221 e. The Morgan fingerprint density at radius 3 is 2.04 bits per heavy atom. The molecule has 1 saturated carbocycles. The van der Waals surface area contributed by atoms with Gasteiger partial charge in [0.25, 0.3) is 0 Å². The molecule has 2 fully saturated rings. The summed E-state index contributed by atoms with van der Waals surface area (Å²) in [6, 6.07) is 0.288. The van der Waals surface area contributed by atoms with Crippen molar-refractivity contribution in [3.63, 3.8) is 0 Å². The molecule has 3 N–H and O–H groups in total. The highest BCUT2D eigenvalue weighted by molar-refractivity contribution is 5.76. The van der Waals surface area contributed by atoms with E-state index in [2.05, 4.69) is 49.7 Å². The van der Waals surface area contributed by atoms with E-state index in [1.54, 1.807) is 0 Å². The largest absolute Gasteiger partial charge is 0.353 e. The Morgan fingerprint density at radius 1 is 1.04 bits per heavy atom. The third-order valence-electron chi connectivity index (χ3n) is 7.25. The van der Waals surface area contributed by atoms with E-state index < -0.39 is 0 Å². The van der Waals surface area contributed by atoms with Crippen LogP contribution >= 0.6 is 0 Å². The first-order valence-electron chi connectivity index (χ1n) is 9.62. The fourth-order valence-electron chi connectivity index (χ4n) is 4.21. The zero-order valence-corrected chi connectivity index (χ0v) is 16.4. The third kappa shape index (κ3) is 4.12. The Labute approximate surface area is 148 Å². The van der Waals surface area contributed by atoms with Crippen molar-refractivity contribution in [2.75, 3.05) is 45.8 Å². The highest BCUT2D eigenvalue weighted by Gasteiger charge is 2.53. The van der Waals surface area contributed by atoms with E-state index >= 15 is 0 Å². The lowest BCUT2D eigenvalue weighted by Crippen LogP contribution is -2.49. The van der Waals surface area contributed by atoms with Crippen LogP contribution in [0.1, 0.15) is 47.5 Å². The summed E-state index contributed by atoms with van der Waals surface area (Å²) in [6.07, 6.45) is 1.70. The number of carbonyl (C=O) groups excluding carboxylic acids is 1. The molecule has 24 heavy (non-hydrogen) atoms. The predicted molar refractivity (Wildman–Crippen MR) is 99.8 cm³/mol. The molecule has 1 saturated heterocycles. The summed E-state index contributed by atoms with van der Waals surface area (Å²) < 4.78 is 0. The van der Waals surface area contributed by atoms with E-state index in [1.165, 1.54) is 0 Å². The second-order valence-corrected chi connectivity index (χ2v) is 8.92. The van der Waals surface area contributed by atoms with E-state index in [0.717, 1.165) is 52.2 Å². The molecule has 0 aromatic heterocycles. The molecule has 1 amide bonds. The Balaban J connectivity index is 1.75. The molecule has 1 aliphatic carbocycles. The van der Waals surface area contributed by atoms with Gasteiger partial charge in [0.15, 0.2) is 0 Å². The zero-order valence-electron chi connectivity index (χ0n) is 16.4. The summed E-state index contributed by atoms with van der Waals surface area (Å²) in [5.74, 6) is 0.843. The summed E-state index contributed by atoms with van der Waals surface area (Å²) in [4.78, 5) is 17.3. The van der Waals surface area contributed by atoms with Crippen molar-refractivity contribution < 1.29 is 4.79 Å². The van der Waals surface area contributed by atoms with Gasteiger partial charge in [0.1, 0.15) is 0 Å². The lowest BCUT2D eigenvalue weighted by molar-refractivity contribution is -0.123. The van der Waals surface area contributed by atoms with Gasteiger partial charge in [0.05, 0.1) is 0 Å². The van der Waals surface area contributed by atoms with Crippen LogP contribution in [0.5, 0.6) is 0 Å². The molecule has 2 rings (SSSR count). The topological polar surface area (TPSA) is 61.6 Å².